The van der Waals surface area contributed by atoms with Gasteiger partial charge in [0.1, 0.15) is 0 Å². The largest absolute Gasteiger partial charge is 0.243 e. The van der Waals surface area contributed by atoms with Crippen LogP contribution in [0, 0.1) is 6.92 Å². The third kappa shape index (κ3) is 2.90. The van der Waals surface area contributed by atoms with Crippen LogP contribution in [0.1, 0.15) is 32.3 Å². The van der Waals surface area contributed by atoms with Crippen molar-refractivity contribution >= 4 is 10.0 Å². The van der Waals surface area contributed by atoms with Gasteiger partial charge in [-0.25, -0.2) is 8.42 Å². The van der Waals surface area contributed by atoms with Crippen LogP contribution < -0.4 is 0 Å². The van der Waals surface area contributed by atoms with Crippen LogP contribution in [-0.2, 0) is 10.0 Å². The number of nitrogens with zero attached hydrogens (tertiary/aromatic N) is 1. The van der Waals surface area contributed by atoms with Crippen molar-refractivity contribution in [1.82, 2.24) is 4.31 Å². The topological polar surface area (TPSA) is 37.4 Å². The number of hydrogen-bond donors (Lipinski definition) is 0. The van der Waals surface area contributed by atoms with Crippen molar-refractivity contribution in [3.63, 3.8) is 0 Å². The second-order valence-electron chi connectivity index (χ2n) is 5.20. The zero-order valence-corrected chi connectivity index (χ0v) is 12.6. The standard InChI is InChI=1S/C15H21NO2S/c1-4-14-11-13(3)9-10-16(14)19(17,18)15-7-5-12(2)6-8-15/h5-9,14H,4,10-11H2,1-3H3/t14-/m0/s1. The highest BCUT2D eigenvalue weighted by atomic mass is 32.2. The number of aryl methyl sites for hydroxylation is 1. The van der Waals surface area contributed by atoms with E-state index < -0.39 is 10.0 Å². The van der Waals surface area contributed by atoms with E-state index in [1.54, 1.807) is 16.4 Å². The van der Waals surface area contributed by atoms with Crippen LogP contribution in [0.5, 0.6) is 0 Å². The smallest absolute Gasteiger partial charge is 0.207 e. The van der Waals surface area contributed by atoms with Crippen LogP contribution >= 0.6 is 0 Å². The number of rotatable bonds is 3. The fraction of sp³-hybridized carbons (Fsp3) is 0.467. The highest BCUT2D eigenvalue weighted by Crippen LogP contribution is 2.26. The quantitative estimate of drug-likeness (QED) is 0.797. The van der Waals surface area contributed by atoms with Gasteiger partial charge in [-0.15, -0.1) is 0 Å². The van der Waals surface area contributed by atoms with E-state index in [0.717, 1.165) is 18.4 Å². The minimum atomic E-state index is -3.37. The molecule has 0 saturated carbocycles. The first kappa shape index (κ1) is 14.3. The predicted molar refractivity (Wildman–Crippen MR) is 77.5 cm³/mol. The van der Waals surface area contributed by atoms with Crippen LogP contribution in [0.4, 0.5) is 0 Å². The Hall–Kier alpha value is -1.13. The molecule has 0 radical (unpaired) electrons. The third-order valence-corrected chi connectivity index (χ3v) is 5.62. The van der Waals surface area contributed by atoms with Crippen LogP contribution in [0.15, 0.2) is 40.8 Å². The minimum Gasteiger partial charge on any atom is -0.207 e. The van der Waals surface area contributed by atoms with Gasteiger partial charge < -0.3 is 0 Å². The minimum absolute atomic E-state index is 0.0799. The maximum absolute atomic E-state index is 12.7. The number of sulfonamides is 1. The lowest BCUT2D eigenvalue weighted by molar-refractivity contribution is 0.318. The second-order valence-corrected chi connectivity index (χ2v) is 7.10. The fourth-order valence-electron chi connectivity index (χ4n) is 2.44. The van der Waals surface area contributed by atoms with Crippen molar-refractivity contribution in [2.45, 2.75) is 44.6 Å². The van der Waals surface area contributed by atoms with Crippen molar-refractivity contribution in [2.24, 2.45) is 0 Å². The molecule has 0 spiro atoms. The lowest BCUT2D eigenvalue weighted by atomic mass is 10.0. The molecule has 2 rings (SSSR count). The molecule has 0 N–H and O–H groups in total. The highest BCUT2D eigenvalue weighted by Gasteiger charge is 2.31. The molecule has 0 aromatic heterocycles. The summed E-state index contributed by atoms with van der Waals surface area (Å²) in [7, 11) is -3.37. The normalized spacial score (nSPS) is 21.2. The van der Waals surface area contributed by atoms with Gasteiger partial charge in [0.25, 0.3) is 0 Å². The van der Waals surface area contributed by atoms with Crippen molar-refractivity contribution in [1.29, 1.82) is 0 Å². The molecule has 0 bridgehead atoms. The molecule has 0 unspecified atom stereocenters. The summed E-state index contributed by atoms with van der Waals surface area (Å²) in [5.74, 6) is 0. The van der Waals surface area contributed by atoms with Gasteiger partial charge in [-0.05, 0) is 38.8 Å². The molecule has 0 fully saturated rings. The molecule has 0 aliphatic carbocycles. The molecular formula is C15H21NO2S. The van der Waals surface area contributed by atoms with Crippen molar-refractivity contribution in [3.8, 4) is 0 Å². The molecule has 3 nitrogen and oxygen atoms in total. The van der Waals surface area contributed by atoms with Crippen LogP contribution in [0.3, 0.4) is 0 Å². The summed E-state index contributed by atoms with van der Waals surface area (Å²) < 4.78 is 27.0. The Bertz CT molecular complexity index is 573. The highest BCUT2D eigenvalue weighted by molar-refractivity contribution is 7.89. The van der Waals surface area contributed by atoms with Crippen molar-refractivity contribution in [3.05, 3.63) is 41.5 Å². The van der Waals surface area contributed by atoms with E-state index >= 15 is 0 Å². The van der Waals surface area contributed by atoms with Crippen LogP contribution in [0.25, 0.3) is 0 Å². The van der Waals surface area contributed by atoms with E-state index in [-0.39, 0.29) is 6.04 Å². The summed E-state index contributed by atoms with van der Waals surface area (Å²) in [6.45, 7) is 6.55. The first-order chi connectivity index (χ1) is 8.95. The van der Waals surface area contributed by atoms with E-state index in [1.165, 1.54) is 5.57 Å². The molecule has 19 heavy (non-hydrogen) atoms. The Kier molecular flexibility index (Phi) is 4.11. The Balaban J connectivity index is 2.36. The number of benzene rings is 1. The maximum Gasteiger partial charge on any atom is 0.243 e. The monoisotopic (exact) mass is 279 g/mol. The number of hydrogen-bond acceptors (Lipinski definition) is 2. The summed E-state index contributed by atoms with van der Waals surface area (Å²) in [6, 6.07) is 7.17. The molecule has 104 valence electrons. The second kappa shape index (κ2) is 5.47. The summed E-state index contributed by atoms with van der Waals surface area (Å²) in [4.78, 5) is 0.393. The Morgan fingerprint density at radius 3 is 2.42 bits per heavy atom. The van der Waals surface area contributed by atoms with Gasteiger partial charge in [-0.3, -0.25) is 0 Å². The summed E-state index contributed by atoms with van der Waals surface area (Å²) >= 11 is 0. The molecule has 0 saturated heterocycles. The lowest BCUT2D eigenvalue weighted by Crippen LogP contribution is -2.42. The van der Waals surface area contributed by atoms with Gasteiger partial charge in [0.2, 0.25) is 10.0 Å². The average Bonchev–Trinajstić information content (AvgIpc) is 2.38. The molecule has 1 aromatic rings. The van der Waals surface area contributed by atoms with Gasteiger partial charge in [-0.1, -0.05) is 36.3 Å². The molecule has 1 aliphatic heterocycles. The van der Waals surface area contributed by atoms with Crippen molar-refractivity contribution in [2.75, 3.05) is 6.54 Å². The van der Waals surface area contributed by atoms with Crippen LogP contribution in [-0.4, -0.2) is 25.3 Å². The molecule has 1 aliphatic rings. The fourth-order valence-corrected chi connectivity index (χ4v) is 4.08. The summed E-state index contributed by atoms with van der Waals surface area (Å²) in [5.41, 5.74) is 2.35. The van der Waals surface area contributed by atoms with E-state index in [4.69, 9.17) is 0 Å². The SMILES string of the molecule is CC[C@H]1CC(C)=CCN1S(=O)(=O)c1ccc(C)cc1. The zero-order valence-electron chi connectivity index (χ0n) is 11.8. The summed E-state index contributed by atoms with van der Waals surface area (Å²) in [5, 5.41) is 0. The lowest BCUT2D eigenvalue weighted by Gasteiger charge is -2.33. The van der Waals surface area contributed by atoms with Crippen LogP contribution in [0.2, 0.25) is 0 Å². The Morgan fingerprint density at radius 2 is 1.84 bits per heavy atom. The Labute approximate surface area is 116 Å². The van der Waals surface area contributed by atoms with Crippen molar-refractivity contribution < 1.29 is 8.42 Å². The van der Waals surface area contributed by atoms with Gasteiger partial charge in [0, 0.05) is 12.6 Å². The van der Waals surface area contributed by atoms with E-state index in [9.17, 15) is 8.42 Å². The first-order valence-electron chi connectivity index (χ1n) is 6.69. The zero-order chi connectivity index (χ0) is 14.0. The van der Waals surface area contributed by atoms with Gasteiger partial charge in [0.15, 0.2) is 0 Å². The average molecular weight is 279 g/mol. The molecule has 0 amide bonds. The maximum atomic E-state index is 12.7. The Morgan fingerprint density at radius 1 is 1.21 bits per heavy atom. The predicted octanol–water partition coefficient (Wildman–Crippen LogP) is 3.11. The van der Waals surface area contributed by atoms with E-state index in [1.807, 2.05) is 32.1 Å². The van der Waals surface area contributed by atoms with Gasteiger partial charge >= 0.3 is 0 Å². The van der Waals surface area contributed by atoms with E-state index in [0.29, 0.717) is 11.4 Å². The third-order valence-electron chi connectivity index (χ3n) is 3.68. The first-order valence-corrected chi connectivity index (χ1v) is 8.13. The van der Waals surface area contributed by atoms with Gasteiger partial charge in [0.05, 0.1) is 4.90 Å². The molecule has 1 atom stereocenters. The van der Waals surface area contributed by atoms with E-state index in [2.05, 4.69) is 6.92 Å². The molecular weight excluding hydrogens is 258 g/mol. The molecule has 1 heterocycles. The molecule has 4 heteroatoms. The summed E-state index contributed by atoms with van der Waals surface area (Å²) in [6.07, 6.45) is 3.69. The molecule has 1 aromatic carbocycles. The van der Waals surface area contributed by atoms with Gasteiger partial charge in [-0.2, -0.15) is 4.31 Å².